The van der Waals surface area contributed by atoms with Crippen molar-refractivity contribution in [2.24, 2.45) is 5.92 Å². The SMILES string of the molecule is O=C(NCCc1nc2ccccc2[nH]1)[C@H]1CC(=O)N(Cc2ccccc2)C1. The molecule has 1 fully saturated rings. The first-order valence-corrected chi connectivity index (χ1v) is 9.22. The number of imidazole rings is 1. The van der Waals surface area contributed by atoms with Crippen molar-refractivity contribution >= 4 is 22.8 Å². The normalized spacial score (nSPS) is 16.8. The molecule has 0 radical (unpaired) electrons. The minimum absolute atomic E-state index is 0.0382. The van der Waals surface area contributed by atoms with Crippen LogP contribution in [-0.4, -0.2) is 39.8 Å². The van der Waals surface area contributed by atoms with Gasteiger partial charge in [-0.25, -0.2) is 4.98 Å². The number of aromatic amines is 1. The van der Waals surface area contributed by atoms with Crippen LogP contribution in [0.5, 0.6) is 0 Å². The van der Waals surface area contributed by atoms with Gasteiger partial charge in [0.05, 0.1) is 17.0 Å². The van der Waals surface area contributed by atoms with Crippen molar-refractivity contribution in [3.63, 3.8) is 0 Å². The molecule has 0 spiro atoms. The number of rotatable bonds is 6. The predicted molar refractivity (Wildman–Crippen MR) is 103 cm³/mol. The smallest absolute Gasteiger partial charge is 0.225 e. The summed E-state index contributed by atoms with van der Waals surface area (Å²) in [5.74, 6) is 0.549. The van der Waals surface area contributed by atoms with Crippen LogP contribution in [0.25, 0.3) is 11.0 Å². The molecule has 138 valence electrons. The first kappa shape index (κ1) is 17.3. The zero-order valence-electron chi connectivity index (χ0n) is 15.0. The Hall–Kier alpha value is -3.15. The van der Waals surface area contributed by atoms with Gasteiger partial charge in [0.1, 0.15) is 5.82 Å². The predicted octanol–water partition coefficient (Wildman–Crippen LogP) is 2.27. The van der Waals surface area contributed by atoms with Gasteiger partial charge >= 0.3 is 0 Å². The van der Waals surface area contributed by atoms with Crippen molar-refractivity contribution in [3.05, 3.63) is 66.0 Å². The van der Waals surface area contributed by atoms with Crippen LogP contribution >= 0.6 is 0 Å². The topological polar surface area (TPSA) is 78.1 Å². The second kappa shape index (κ2) is 7.61. The van der Waals surface area contributed by atoms with Crippen LogP contribution in [0.2, 0.25) is 0 Å². The fourth-order valence-corrected chi connectivity index (χ4v) is 3.48. The number of hydrogen-bond donors (Lipinski definition) is 2. The monoisotopic (exact) mass is 362 g/mol. The van der Waals surface area contributed by atoms with Crippen LogP contribution in [0.15, 0.2) is 54.6 Å². The summed E-state index contributed by atoms with van der Waals surface area (Å²) in [6.07, 6.45) is 0.915. The minimum atomic E-state index is -0.281. The van der Waals surface area contributed by atoms with E-state index in [9.17, 15) is 9.59 Å². The molecular formula is C21H22N4O2. The first-order valence-electron chi connectivity index (χ1n) is 9.22. The summed E-state index contributed by atoms with van der Waals surface area (Å²) < 4.78 is 0. The molecule has 4 rings (SSSR count). The highest BCUT2D eigenvalue weighted by molar-refractivity contribution is 5.89. The number of fused-ring (bicyclic) bond motifs is 1. The highest BCUT2D eigenvalue weighted by Gasteiger charge is 2.33. The zero-order valence-corrected chi connectivity index (χ0v) is 15.0. The molecule has 6 nitrogen and oxygen atoms in total. The standard InChI is InChI=1S/C21H22N4O2/c26-20-12-16(14-25(20)13-15-6-2-1-3-7-15)21(27)22-11-10-19-23-17-8-4-5-9-18(17)24-19/h1-9,16H,10-14H2,(H,22,27)(H,23,24)/t16-/m0/s1. The number of H-pyrrole nitrogens is 1. The average molecular weight is 362 g/mol. The van der Waals surface area contributed by atoms with Crippen molar-refractivity contribution in [2.45, 2.75) is 19.4 Å². The third-order valence-corrected chi connectivity index (χ3v) is 4.90. The molecule has 1 atom stereocenters. The third kappa shape index (κ3) is 4.00. The molecule has 2 aromatic carbocycles. The van der Waals surface area contributed by atoms with Crippen LogP contribution in [0, 0.1) is 5.92 Å². The van der Waals surface area contributed by atoms with E-state index in [1.165, 1.54) is 0 Å². The number of carbonyl (C=O) groups is 2. The average Bonchev–Trinajstić information content (AvgIpc) is 3.26. The minimum Gasteiger partial charge on any atom is -0.355 e. The lowest BCUT2D eigenvalue weighted by Crippen LogP contribution is -2.34. The van der Waals surface area contributed by atoms with E-state index in [0.717, 1.165) is 22.4 Å². The van der Waals surface area contributed by atoms with Gasteiger partial charge in [-0.1, -0.05) is 42.5 Å². The Morgan fingerprint density at radius 2 is 1.93 bits per heavy atom. The van der Waals surface area contributed by atoms with Gasteiger partial charge in [0.25, 0.3) is 0 Å². The summed E-state index contributed by atoms with van der Waals surface area (Å²) in [6, 6.07) is 17.7. The lowest BCUT2D eigenvalue weighted by atomic mass is 10.1. The number of likely N-dealkylation sites (tertiary alicyclic amines) is 1. The van der Waals surface area contributed by atoms with Crippen molar-refractivity contribution < 1.29 is 9.59 Å². The molecule has 1 aliphatic heterocycles. The number of para-hydroxylation sites is 2. The summed E-state index contributed by atoms with van der Waals surface area (Å²) in [4.78, 5) is 34.2. The fourth-order valence-electron chi connectivity index (χ4n) is 3.48. The van der Waals surface area contributed by atoms with Crippen LogP contribution in [0.3, 0.4) is 0 Å². The molecule has 3 aromatic rings. The van der Waals surface area contributed by atoms with E-state index in [1.807, 2.05) is 54.6 Å². The molecule has 2 heterocycles. The Morgan fingerprint density at radius 3 is 2.74 bits per heavy atom. The van der Waals surface area contributed by atoms with Crippen LogP contribution < -0.4 is 5.32 Å². The quantitative estimate of drug-likeness (QED) is 0.706. The Bertz CT molecular complexity index is 918. The summed E-state index contributed by atoms with van der Waals surface area (Å²) in [6.45, 7) is 1.54. The van der Waals surface area contributed by atoms with Crippen molar-refractivity contribution in [1.82, 2.24) is 20.2 Å². The van der Waals surface area contributed by atoms with Gasteiger partial charge in [0.15, 0.2) is 0 Å². The number of aromatic nitrogens is 2. The molecule has 1 aliphatic rings. The number of nitrogens with one attached hydrogen (secondary N) is 2. The molecule has 27 heavy (non-hydrogen) atoms. The molecule has 2 amide bonds. The van der Waals surface area contributed by atoms with E-state index in [4.69, 9.17) is 0 Å². The second-order valence-corrected chi connectivity index (χ2v) is 6.90. The largest absolute Gasteiger partial charge is 0.355 e. The maximum Gasteiger partial charge on any atom is 0.225 e. The summed E-state index contributed by atoms with van der Waals surface area (Å²) in [5, 5.41) is 2.94. The van der Waals surface area contributed by atoms with E-state index in [0.29, 0.717) is 26.1 Å². The van der Waals surface area contributed by atoms with Gasteiger partial charge in [-0.15, -0.1) is 0 Å². The molecule has 1 saturated heterocycles. The van der Waals surface area contributed by atoms with Crippen molar-refractivity contribution in [1.29, 1.82) is 0 Å². The Kier molecular flexibility index (Phi) is 4.87. The summed E-state index contributed by atoms with van der Waals surface area (Å²) >= 11 is 0. The first-order chi connectivity index (χ1) is 13.2. The van der Waals surface area contributed by atoms with Gasteiger partial charge in [0, 0.05) is 32.5 Å². The van der Waals surface area contributed by atoms with Gasteiger partial charge in [-0.05, 0) is 17.7 Å². The van der Waals surface area contributed by atoms with Crippen molar-refractivity contribution in [2.75, 3.05) is 13.1 Å². The maximum atomic E-state index is 12.4. The Balaban J connectivity index is 1.27. The Labute approximate surface area is 157 Å². The number of benzene rings is 2. The highest BCUT2D eigenvalue weighted by atomic mass is 16.2. The van der Waals surface area contributed by atoms with Gasteiger partial charge in [-0.2, -0.15) is 0 Å². The number of nitrogens with zero attached hydrogens (tertiary/aromatic N) is 2. The summed E-state index contributed by atoms with van der Waals surface area (Å²) in [7, 11) is 0. The number of hydrogen-bond acceptors (Lipinski definition) is 3. The van der Waals surface area contributed by atoms with Crippen molar-refractivity contribution in [3.8, 4) is 0 Å². The lowest BCUT2D eigenvalue weighted by Gasteiger charge is -2.16. The van der Waals surface area contributed by atoms with Gasteiger partial charge in [-0.3, -0.25) is 9.59 Å². The number of amides is 2. The van der Waals surface area contributed by atoms with E-state index >= 15 is 0 Å². The van der Waals surface area contributed by atoms with E-state index in [-0.39, 0.29) is 24.2 Å². The molecule has 0 bridgehead atoms. The summed E-state index contributed by atoms with van der Waals surface area (Å²) in [5.41, 5.74) is 3.00. The second-order valence-electron chi connectivity index (χ2n) is 6.90. The molecule has 2 N–H and O–H groups in total. The Morgan fingerprint density at radius 1 is 1.15 bits per heavy atom. The molecule has 1 aromatic heterocycles. The van der Waals surface area contributed by atoms with Crippen LogP contribution in [0.1, 0.15) is 17.8 Å². The van der Waals surface area contributed by atoms with Crippen LogP contribution in [-0.2, 0) is 22.6 Å². The maximum absolute atomic E-state index is 12.4. The fraction of sp³-hybridized carbons (Fsp3) is 0.286. The number of carbonyl (C=O) groups excluding carboxylic acids is 2. The van der Waals surface area contributed by atoms with E-state index in [2.05, 4.69) is 15.3 Å². The molecule has 0 aliphatic carbocycles. The molecular weight excluding hydrogens is 340 g/mol. The zero-order chi connectivity index (χ0) is 18.6. The van der Waals surface area contributed by atoms with E-state index in [1.54, 1.807) is 4.90 Å². The molecule has 0 saturated carbocycles. The van der Waals surface area contributed by atoms with Gasteiger partial charge < -0.3 is 15.2 Å². The molecule has 6 heteroatoms. The molecule has 0 unspecified atom stereocenters. The van der Waals surface area contributed by atoms with Crippen LogP contribution in [0.4, 0.5) is 0 Å². The third-order valence-electron chi connectivity index (χ3n) is 4.90. The van der Waals surface area contributed by atoms with Gasteiger partial charge in [0.2, 0.25) is 11.8 Å². The van der Waals surface area contributed by atoms with E-state index < -0.39 is 0 Å². The lowest BCUT2D eigenvalue weighted by molar-refractivity contribution is -0.129. The highest BCUT2D eigenvalue weighted by Crippen LogP contribution is 2.20.